The molecule has 6 heteroatoms. The molecule has 3 nitrogen and oxygen atoms in total. The van der Waals surface area contributed by atoms with E-state index in [1.807, 2.05) is 30.3 Å². The second-order valence-electron chi connectivity index (χ2n) is 4.46. The van der Waals surface area contributed by atoms with Crippen LogP contribution in [0.15, 0.2) is 58.5 Å². The van der Waals surface area contributed by atoms with Gasteiger partial charge in [-0.3, -0.25) is 9.36 Å². The Morgan fingerprint density at radius 3 is 2.62 bits per heavy atom. The molecule has 0 radical (unpaired) electrons. The molecule has 2 aromatic carbocycles. The molecule has 0 bridgehead atoms. The zero-order valence-corrected chi connectivity index (χ0v) is 15.1. The third-order valence-corrected chi connectivity index (χ3v) is 4.00. The summed E-state index contributed by atoms with van der Waals surface area (Å²) in [6.45, 7) is 0.468. The number of fused-ring (bicyclic) bond motifs is 1. The summed E-state index contributed by atoms with van der Waals surface area (Å²) in [5.41, 5.74) is 1.47. The Bertz CT molecular complexity index is 842. The maximum absolute atomic E-state index is 12.5. The van der Waals surface area contributed by atoms with Crippen LogP contribution in [0.3, 0.4) is 0 Å². The molecule has 1 heterocycles. The topological polar surface area (TPSA) is 34.9 Å². The average Bonchev–Trinajstić information content (AvgIpc) is 2.47. The van der Waals surface area contributed by atoms with Crippen LogP contribution in [0.2, 0.25) is 5.02 Å². The summed E-state index contributed by atoms with van der Waals surface area (Å²) in [7, 11) is 0. The normalized spacial score (nSPS) is 10.4. The third kappa shape index (κ3) is 3.35. The van der Waals surface area contributed by atoms with E-state index in [0.717, 1.165) is 5.56 Å². The van der Waals surface area contributed by atoms with Gasteiger partial charge in [0.05, 0.1) is 28.8 Å². The SMILES string of the molecule is O=c1c2c(Cl)c(S)ccc2ncn1Cc1ccccc1.[H-].[Na+]. The predicted octanol–water partition coefficient (Wildman–Crippen LogP) is 0.503. The third-order valence-electron chi connectivity index (χ3n) is 3.11. The molecule has 0 atom stereocenters. The first-order valence-corrected chi connectivity index (χ1v) is 6.90. The summed E-state index contributed by atoms with van der Waals surface area (Å²) in [4.78, 5) is 17.4. The molecule has 0 aliphatic rings. The molecule has 0 spiro atoms. The molecule has 0 saturated heterocycles. The van der Waals surface area contributed by atoms with Gasteiger partial charge in [0.1, 0.15) is 0 Å². The van der Waals surface area contributed by atoms with Crippen molar-refractivity contribution in [2.75, 3.05) is 0 Å². The number of halogens is 1. The van der Waals surface area contributed by atoms with Crippen molar-refractivity contribution in [1.82, 2.24) is 9.55 Å². The molecule has 0 amide bonds. The van der Waals surface area contributed by atoms with Crippen molar-refractivity contribution in [3.63, 3.8) is 0 Å². The van der Waals surface area contributed by atoms with Crippen LogP contribution in [0.1, 0.15) is 6.99 Å². The van der Waals surface area contributed by atoms with E-state index >= 15 is 0 Å². The van der Waals surface area contributed by atoms with Gasteiger partial charge in [-0.25, -0.2) is 4.98 Å². The molecule has 0 aliphatic carbocycles. The minimum Gasteiger partial charge on any atom is -1.00 e. The van der Waals surface area contributed by atoms with Crippen molar-refractivity contribution in [2.24, 2.45) is 0 Å². The van der Waals surface area contributed by atoms with Gasteiger partial charge < -0.3 is 1.43 Å². The van der Waals surface area contributed by atoms with E-state index in [0.29, 0.717) is 27.4 Å². The van der Waals surface area contributed by atoms with E-state index < -0.39 is 0 Å². The summed E-state index contributed by atoms with van der Waals surface area (Å²) in [6.07, 6.45) is 1.55. The largest absolute Gasteiger partial charge is 1.00 e. The number of nitrogens with zero attached hydrogens (tertiary/aromatic N) is 2. The minimum atomic E-state index is -0.153. The van der Waals surface area contributed by atoms with Gasteiger partial charge >= 0.3 is 29.6 Å². The first-order valence-electron chi connectivity index (χ1n) is 6.07. The van der Waals surface area contributed by atoms with Crippen LogP contribution in [0.5, 0.6) is 0 Å². The predicted molar refractivity (Wildman–Crippen MR) is 84.9 cm³/mol. The van der Waals surface area contributed by atoms with Gasteiger partial charge in [-0.15, -0.1) is 12.6 Å². The maximum atomic E-state index is 12.5. The van der Waals surface area contributed by atoms with E-state index in [-0.39, 0.29) is 36.5 Å². The standard InChI is InChI=1S/C15H11ClN2OS.Na.H/c16-14-12(20)7-6-11-13(14)15(19)18(9-17-11)8-10-4-2-1-3-5-10;;/h1-7,9,20H,8H2;;/q;+1;-1. The second-order valence-corrected chi connectivity index (χ2v) is 5.32. The fraction of sp³-hybridized carbons (Fsp3) is 0.0667. The van der Waals surface area contributed by atoms with Crippen molar-refractivity contribution < 1.29 is 31.0 Å². The van der Waals surface area contributed by atoms with Crippen LogP contribution in [-0.4, -0.2) is 9.55 Å². The molecule has 0 N–H and O–H groups in total. The summed E-state index contributed by atoms with van der Waals surface area (Å²) in [6, 6.07) is 13.2. The van der Waals surface area contributed by atoms with Gasteiger partial charge in [0, 0.05) is 4.90 Å². The van der Waals surface area contributed by atoms with Crippen LogP contribution in [0, 0.1) is 0 Å². The number of hydrogen-bond donors (Lipinski definition) is 1. The Labute approximate surface area is 156 Å². The molecule has 0 aliphatic heterocycles. The van der Waals surface area contributed by atoms with Gasteiger partial charge in [-0.05, 0) is 17.7 Å². The molecule has 102 valence electrons. The van der Waals surface area contributed by atoms with E-state index in [1.165, 1.54) is 0 Å². The number of benzene rings is 2. The van der Waals surface area contributed by atoms with Crippen molar-refractivity contribution in [2.45, 2.75) is 11.4 Å². The van der Waals surface area contributed by atoms with Crippen molar-refractivity contribution in [1.29, 1.82) is 0 Å². The van der Waals surface area contributed by atoms with Crippen LogP contribution in [0.25, 0.3) is 10.9 Å². The number of hydrogen-bond acceptors (Lipinski definition) is 3. The first-order chi connectivity index (χ1) is 9.66. The fourth-order valence-corrected chi connectivity index (χ4v) is 2.51. The van der Waals surface area contributed by atoms with E-state index in [1.54, 1.807) is 23.0 Å². The van der Waals surface area contributed by atoms with Crippen molar-refractivity contribution in [3.8, 4) is 0 Å². The first kappa shape index (κ1) is 16.6. The van der Waals surface area contributed by atoms with E-state index in [9.17, 15) is 4.79 Å². The quantitative estimate of drug-likeness (QED) is 0.550. The second kappa shape index (κ2) is 6.99. The summed E-state index contributed by atoms with van der Waals surface area (Å²) in [5, 5.41) is 0.767. The zero-order chi connectivity index (χ0) is 14.1. The Hall–Kier alpha value is -0.780. The number of aromatic nitrogens is 2. The van der Waals surface area contributed by atoms with Crippen molar-refractivity contribution in [3.05, 3.63) is 69.7 Å². The summed E-state index contributed by atoms with van der Waals surface area (Å²) < 4.78 is 1.55. The molecule has 3 rings (SSSR count). The molecule has 1 aromatic heterocycles. The van der Waals surface area contributed by atoms with Gasteiger partial charge in [-0.2, -0.15) is 0 Å². The van der Waals surface area contributed by atoms with Crippen LogP contribution >= 0.6 is 24.2 Å². The molecule has 0 fully saturated rings. The molecule has 0 unspecified atom stereocenters. The maximum Gasteiger partial charge on any atom is 1.00 e. The van der Waals surface area contributed by atoms with Crippen LogP contribution in [0.4, 0.5) is 0 Å². The Balaban J connectivity index is 0.00000121. The van der Waals surface area contributed by atoms with Crippen LogP contribution < -0.4 is 35.1 Å². The Kier molecular flexibility index (Phi) is 5.52. The number of thiol groups is 1. The van der Waals surface area contributed by atoms with Gasteiger partial charge in [0.15, 0.2) is 0 Å². The average molecular weight is 327 g/mol. The van der Waals surface area contributed by atoms with Gasteiger partial charge in [0.2, 0.25) is 0 Å². The molecule has 3 aromatic rings. The fourth-order valence-electron chi connectivity index (χ4n) is 2.09. The smallest absolute Gasteiger partial charge is 1.00 e. The zero-order valence-electron chi connectivity index (χ0n) is 12.5. The van der Waals surface area contributed by atoms with Gasteiger partial charge in [0.25, 0.3) is 5.56 Å². The minimum absolute atomic E-state index is 0. The summed E-state index contributed by atoms with van der Waals surface area (Å²) >= 11 is 10.4. The van der Waals surface area contributed by atoms with Crippen molar-refractivity contribution >= 4 is 35.1 Å². The Morgan fingerprint density at radius 2 is 1.90 bits per heavy atom. The van der Waals surface area contributed by atoms with Crippen LogP contribution in [-0.2, 0) is 6.54 Å². The van der Waals surface area contributed by atoms with E-state index in [2.05, 4.69) is 17.6 Å². The van der Waals surface area contributed by atoms with E-state index in [4.69, 9.17) is 11.6 Å². The Morgan fingerprint density at radius 1 is 1.19 bits per heavy atom. The molecule has 21 heavy (non-hydrogen) atoms. The monoisotopic (exact) mass is 326 g/mol. The molecular formula is C15H12ClN2NaOS. The van der Waals surface area contributed by atoms with Gasteiger partial charge in [-0.1, -0.05) is 41.9 Å². The molecule has 0 saturated carbocycles. The molecular weight excluding hydrogens is 315 g/mol. The number of rotatable bonds is 2. The summed E-state index contributed by atoms with van der Waals surface area (Å²) in [5.74, 6) is 0.